The molecular formula is C21H34IN5O. The van der Waals surface area contributed by atoms with E-state index in [2.05, 4.69) is 84.7 Å². The van der Waals surface area contributed by atoms with Crippen LogP contribution in [0, 0.1) is 0 Å². The van der Waals surface area contributed by atoms with Crippen LogP contribution in [-0.4, -0.2) is 29.7 Å². The van der Waals surface area contributed by atoms with E-state index in [9.17, 15) is 0 Å². The molecule has 0 aliphatic heterocycles. The molecule has 1 aromatic heterocycles. The smallest absolute Gasteiger partial charge is 0.232 e. The van der Waals surface area contributed by atoms with E-state index in [0.717, 1.165) is 25.3 Å². The fraction of sp³-hybridized carbons (Fsp3) is 0.571. The third-order valence-electron chi connectivity index (χ3n) is 4.33. The SMILES string of the molecule is CN=C(NCCCc1ccc(C(C)C)cc1)NCc1noc(C(C)(C)C)n1.I. The van der Waals surface area contributed by atoms with Crippen molar-refractivity contribution in [3.63, 3.8) is 0 Å². The summed E-state index contributed by atoms with van der Waals surface area (Å²) in [4.78, 5) is 8.66. The van der Waals surface area contributed by atoms with Gasteiger partial charge in [-0.2, -0.15) is 4.98 Å². The second kappa shape index (κ2) is 11.4. The van der Waals surface area contributed by atoms with Crippen LogP contribution < -0.4 is 10.6 Å². The molecule has 0 radical (unpaired) electrons. The van der Waals surface area contributed by atoms with Gasteiger partial charge in [-0.1, -0.05) is 64.0 Å². The summed E-state index contributed by atoms with van der Waals surface area (Å²) in [5.41, 5.74) is 2.61. The average Bonchev–Trinajstić information content (AvgIpc) is 3.11. The highest BCUT2D eigenvalue weighted by atomic mass is 127. The van der Waals surface area contributed by atoms with Crippen molar-refractivity contribution >= 4 is 29.9 Å². The molecule has 0 spiro atoms. The molecule has 2 rings (SSSR count). The number of aromatic nitrogens is 2. The van der Waals surface area contributed by atoms with E-state index in [0.29, 0.717) is 24.2 Å². The minimum absolute atomic E-state index is 0. The first-order valence-electron chi connectivity index (χ1n) is 9.66. The zero-order chi connectivity index (χ0) is 19.9. The van der Waals surface area contributed by atoms with Gasteiger partial charge < -0.3 is 15.2 Å². The number of guanidine groups is 1. The van der Waals surface area contributed by atoms with Crippen LogP contribution >= 0.6 is 24.0 Å². The van der Waals surface area contributed by atoms with Crippen LogP contribution in [0.4, 0.5) is 0 Å². The molecule has 28 heavy (non-hydrogen) atoms. The van der Waals surface area contributed by atoms with Gasteiger partial charge in [-0.25, -0.2) is 0 Å². The summed E-state index contributed by atoms with van der Waals surface area (Å²) >= 11 is 0. The molecular weight excluding hydrogens is 465 g/mol. The van der Waals surface area contributed by atoms with Crippen molar-refractivity contribution in [2.45, 2.75) is 65.3 Å². The lowest BCUT2D eigenvalue weighted by molar-refractivity contribution is 0.318. The molecule has 0 bridgehead atoms. The number of hydrogen-bond acceptors (Lipinski definition) is 4. The number of aryl methyl sites for hydroxylation is 1. The zero-order valence-electron chi connectivity index (χ0n) is 17.9. The van der Waals surface area contributed by atoms with Gasteiger partial charge >= 0.3 is 0 Å². The van der Waals surface area contributed by atoms with Crippen molar-refractivity contribution in [3.8, 4) is 0 Å². The van der Waals surface area contributed by atoms with Crippen LogP contribution in [0.3, 0.4) is 0 Å². The molecule has 1 aromatic carbocycles. The van der Waals surface area contributed by atoms with Gasteiger partial charge in [-0.05, 0) is 29.9 Å². The Morgan fingerprint density at radius 3 is 2.36 bits per heavy atom. The van der Waals surface area contributed by atoms with Gasteiger partial charge in [0.05, 0.1) is 6.54 Å². The number of nitrogens with zero attached hydrogens (tertiary/aromatic N) is 3. The summed E-state index contributed by atoms with van der Waals surface area (Å²) in [5.74, 6) is 2.60. The zero-order valence-corrected chi connectivity index (χ0v) is 20.2. The molecule has 0 aliphatic carbocycles. The summed E-state index contributed by atoms with van der Waals surface area (Å²) in [5, 5.41) is 10.6. The van der Waals surface area contributed by atoms with E-state index in [1.165, 1.54) is 11.1 Å². The number of nitrogens with one attached hydrogen (secondary N) is 2. The fourth-order valence-corrected chi connectivity index (χ4v) is 2.58. The van der Waals surface area contributed by atoms with E-state index in [1.807, 2.05) is 0 Å². The number of hydrogen-bond donors (Lipinski definition) is 2. The van der Waals surface area contributed by atoms with E-state index >= 15 is 0 Å². The third-order valence-corrected chi connectivity index (χ3v) is 4.33. The molecule has 0 fully saturated rings. The molecule has 0 amide bonds. The lowest BCUT2D eigenvalue weighted by Gasteiger charge is -2.11. The van der Waals surface area contributed by atoms with E-state index in [1.54, 1.807) is 7.05 Å². The van der Waals surface area contributed by atoms with Gasteiger partial charge in [0.15, 0.2) is 11.8 Å². The topological polar surface area (TPSA) is 75.3 Å². The predicted octanol–water partition coefficient (Wildman–Crippen LogP) is 4.41. The molecule has 7 heteroatoms. The normalized spacial score (nSPS) is 12.0. The predicted molar refractivity (Wildman–Crippen MR) is 125 cm³/mol. The van der Waals surface area contributed by atoms with E-state index in [4.69, 9.17) is 4.52 Å². The first kappa shape index (κ1) is 24.4. The summed E-state index contributed by atoms with van der Waals surface area (Å²) in [6, 6.07) is 8.91. The highest BCUT2D eigenvalue weighted by molar-refractivity contribution is 14.0. The van der Waals surface area contributed by atoms with Gasteiger partial charge in [0.25, 0.3) is 0 Å². The lowest BCUT2D eigenvalue weighted by atomic mass is 9.97. The summed E-state index contributed by atoms with van der Waals surface area (Å²) < 4.78 is 5.30. The van der Waals surface area contributed by atoms with Crippen molar-refractivity contribution < 1.29 is 4.52 Å². The van der Waals surface area contributed by atoms with Crippen molar-refractivity contribution in [1.82, 2.24) is 20.8 Å². The van der Waals surface area contributed by atoms with Crippen LogP contribution in [0.1, 0.15) is 69.8 Å². The maximum Gasteiger partial charge on any atom is 0.232 e. The van der Waals surface area contributed by atoms with Crippen molar-refractivity contribution in [2.75, 3.05) is 13.6 Å². The maximum absolute atomic E-state index is 5.30. The Morgan fingerprint density at radius 1 is 1.14 bits per heavy atom. The monoisotopic (exact) mass is 499 g/mol. The Balaban J connectivity index is 0.00000392. The average molecular weight is 499 g/mol. The summed E-state index contributed by atoms with van der Waals surface area (Å²) in [6.07, 6.45) is 2.08. The van der Waals surface area contributed by atoms with Crippen LogP contribution in [0.2, 0.25) is 0 Å². The quantitative estimate of drug-likeness (QED) is 0.256. The van der Waals surface area contributed by atoms with Gasteiger partial charge in [-0.3, -0.25) is 4.99 Å². The fourth-order valence-electron chi connectivity index (χ4n) is 2.58. The lowest BCUT2D eigenvalue weighted by Crippen LogP contribution is -2.37. The molecule has 6 nitrogen and oxygen atoms in total. The minimum Gasteiger partial charge on any atom is -0.356 e. The molecule has 0 saturated heterocycles. The van der Waals surface area contributed by atoms with Crippen LogP contribution in [0.5, 0.6) is 0 Å². The molecule has 156 valence electrons. The third kappa shape index (κ3) is 7.77. The summed E-state index contributed by atoms with van der Waals surface area (Å²) in [6.45, 7) is 11.9. The molecule has 0 unspecified atom stereocenters. The second-order valence-electron chi connectivity index (χ2n) is 8.12. The molecule has 0 atom stereocenters. The highest BCUT2D eigenvalue weighted by Gasteiger charge is 2.21. The first-order chi connectivity index (χ1) is 12.8. The van der Waals surface area contributed by atoms with Crippen LogP contribution in [0.15, 0.2) is 33.8 Å². The van der Waals surface area contributed by atoms with Crippen LogP contribution in [0.25, 0.3) is 0 Å². The first-order valence-corrected chi connectivity index (χ1v) is 9.66. The molecule has 0 saturated carbocycles. The largest absolute Gasteiger partial charge is 0.356 e. The number of aliphatic imine (C=N–C) groups is 1. The molecule has 0 aliphatic rings. The number of benzene rings is 1. The van der Waals surface area contributed by atoms with Gasteiger partial charge in [0.2, 0.25) is 5.89 Å². The van der Waals surface area contributed by atoms with Crippen molar-refractivity contribution in [2.24, 2.45) is 4.99 Å². The Bertz CT molecular complexity index is 732. The Labute approximate surface area is 186 Å². The standard InChI is InChI=1S/C21H33N5O.HI/c1-15(2)17-11-9-16(10-12-17)8-7-13-23-20(22-6)24-14-18-25-19(27-26-18)21(3,4)5;/h9-12,15H,7-8,13-14H2,1-6H3,(H2,22,23,24);1H. The minimum atomic E-state index is -0.140. The molecule has 2 aromatic rings. The Morgan fingerprint density at radius 2 is 1.82 bits per heavy atom. The van der Waals surface area contributed by atoms with E-state index < -0.39 is 0 Å². The molecule has 2 N–H and O–H groups in total. The van der Waals surface area contributed by atoms with Gasteiger partial charge in [-0.15, -0.1) is 24.0 Å². The summed E-state index contributed by atoms with van der Waals surface area (Å²) in [7, 11) is 1.76. The second-order valence-corrected chi connectivity index (χ2v) is 8.12. The van der Waals surface area contributed by atoms with Gasteiger partial charge in [0.1, 0.15) is 0 Å². The maximum atomic E-state index is 5.30. The molecule has 1 heterocycles. The van der Waals surface area contributed by atoms with Crippen molar-refractivity contribution in [3.05, 3.63) is 47.1 Å². The number of rotatable bonds is 7. The Hall–Kier alpha value is -1.64. The van der Waals surface area contributed by atoms with Crippen LogP contribution in [-0.2, 0) is 18.4 Å². The van der Waals surface area contributed by atoms with Gasteiger partial charge in [0, 0.05) is 19.0 Å². The highest BCUT2D eigenvalue weighted by Crippen LogP contribution is 2.19. The van der Waals surface area contributed by atoms with E-state index in [-0.39, 0.29) is 29.4 Å². The number of halogens is 1. The van der Waals surface area contributed by atoms with Crippen molar-refractivity contribution in [1.29, 1.82) is 0 Å². The Kier molecular flexibility index (Phi) is 9.92.